The molecule has 0 atom stereocenters. The smallest absolute Gasteiger partial charge is 0.0378 e. The fraction of sp³-hybridized carbons (Fsp3) is 0.625. The molecule has 0 unspecified atom stereocenters. The molecule has 0 amide bonds. The van der Waals surface area contributed by atoms with Crippen LogP contribution in [0, 0.1) is 0 Å². The Bertz CT molecular complexity index is 485. The molecule has 0 aromatic heterocycles. The highest BCUT2D eigenvalue weighted by Crippen LogP contribution is 2.33. The number of hydrogen-bond acceptors (Lipinski definition) is 3. The van der Waals surface area contributed by atoms with Crippen LogP contribution in [0.3, 0.4) is 0 Å². The van der Waals surface area contributed by atoms with Crippen molar-refractivity contribution in [1.82, 2.24) is 5.32 Å². The first-order valence-electron chi connectivity index (χ1n) is 7.44. The molecule has 1 saturated heterocycles. The van der Waals surface area contributed by atoms with Gasteiger partial charge in [0.2, 0.25) is 0 Å². The van der Waals surface area contributed by atoms with Gasteiger partial charge in [0, 0.05) is 46.3 Å². The number of hydrogen-bond donors (Lipinski definition) is 1. The number of halogens is 1. The van der Waals surface area contributed by atoms with E-state index < -0.39 is 0 Å². The highest BCUT2D eigenvalue weighted by atomic mass is 79.9. The van der Waals surface area contributed by atoms with Crippen LogP contribution in [0.4, 0.5) is 5.69 Å². The van der Waals surface area contributed by atoms with Crippen molar-refractivity contribution in [2.75, 3.05) is 23.7 Å². The Kier molecular flexibility index (Phi) is 4.34. The van der Waals surface area contributed by atoms with E-state index in [0.29, 0.717) is 4.75 Å². The molecule has 2 nitrogen and oxygen atoms in total. The van der Waals surface area contributed by atoms with Crippen molar-refractivity contribution < 1.29 is 0 Å². The molecular formula is C16H23BrN2S. The first kappa shape index (κ1) is 14.7. The zero-order chi connectivity index (χ0) is 14.2. The Morgan fingerprint density at radius 2 is 2.20 bits per heavy atom. The molecule has 1 heterocycles. The Labute approximate surface area is 134 Å². The van der Waals surface area contributed by atoms with E-state index in [1.807, 2.05) is 0 Å². The van der Waals surface area contributed by atoms with Crippen LogP contribution in [-0.2, 0) is 6.54 Å². The van der Waals surface area contributed by atoms with Crippen LogP contribution in [0.25, 0.3) is 0 Å². The van der Waals surface area contributed by atoms with Crippen molar-refractivity contribution in [3.05, 3.63) is 28.2 Å². The second kappa shape index (κ2) is 5.90. The lowest BCUT2D eigenvalue weighted by molar-refractivity contribution is 0.647. The van der Waals surface area contributed by atoms with Gasteiger partial charge in [-0.15, -0.1) is 0 Å². The van der Waals surface area contributed by atoms with Crippen LogP contribution in [0.2, 0.25) is 0 Å². The molecule has 1 aliphatic heterocycles. The Morgan fingerprint density at radius 3 is 2.85 bits per heavy atom. The predicted molar refractivity (Wildman–Crippen MR) is 92.8 cm³/mol. The minimum absolute atomic E-state index is 0.358. The van der Waals surface area contributed by atoms with Crippen molar-refractivity contribution in [3.63, 3.8) is 0 Å². The van der Waals surface area contributed by atoms with E-state index in [0.717, 1.165) is 25.7 Å². The number of anilines is 1. The third kappa shape index (κ3) is 3.71. The van der Waals surface area contributed by atoms with E-state index in [2.05, 4.69) is 70.0 Å². The quantitative estimate of drug-likeness (QED) is 0.878. The average Bonchev–Trinajstić information content (AvgIpc) is 3.20. The second-order valence-electron chi connectivity index (χ2n) is 6.46. The first-order valence-corrected chi connectivity index (χ1v) is 9.22. The molecule has 1 saturated carbocycles. The van der Waals surface area contributed by atoms with Gasteiger partial charge in [0.05, 0.1) is 0 Å². The van der Waals surface area contributed by atoms with Crippen LogP contribution < -0.4 is 10.2 Å². The van der Waals surface area contributed by atoms with E-state index >= 15 is 0 Å². The molecule has 4 heteroatoms. The van der Waals surface area contributed by atoms with E-state index in [-0.39, 0.29) is 0 Å². The number of benzene rings is 1. The summed E-state index contributed by atoms with van der Waals surface area (Å²) in [7, 11) is 0. The van der Waals surface area contributed by atoms with E-state index in [1.165, 1.54) is 34.3 Å². The van der Waals surface area contributed by atoms with Crippen molar-refractivity contribution in [3.8, 4) is 0 Å². The van der Waals surface area contributed by atoms with Crippen LogP contribution in [0.1, 0.15) is 32.3 Å². The fourth-order valence-corrected chi connectivity index (χ4v) is 4.27. The number of thioether (sulfide) groups is 1. The molecule has 2 aliphatic rings. The molecule has 0 spiro atoms. The molecule has 1 aromatic rings. The molecular weight excluding hydrogens is 332 g/mol. The summed E-state index contributed by atoms with van der Waals surface area (Å²) in [5.41, 5.74) is 2.71. The van der Waals surface area contributed by atoms with Crippen molar-refractivity contribution in [1.29, 1.82) is 0 Å². The van der Waals surface area contributed by atoms with Gasteiger partial charge >= 0.3 is 0 Å². The number of nitrogens with zero attached hydrogens (tertiary/aromatic N) is 1. The minimum atomic E-state index is 0.358. The fourth-order valence-electron chi connectivity index (χ4n) is 2.65. The van der Waals surface area contributed by atoms with Crippen molar-refractivity contribution in [2.45, 2.75) is 44.0 Å². The molecule has 0 bridgehead atoms. The van der Waals surface area contributed by atoms with E-state index in [4.69, 9.17) is 0 Å². The van der Waals surface area contributed by atoms with E-state index in [1.54, 1.807) is 0 Å². The summed E-state index contributed by atoms with van der Waals surface area (Å²) in [6.07, 6.45) is 2.69. The lowest BCUT2D eigenvalue weighted by Crippen LogP contribution is -2.43. The summed E-state index contributed by atoms with van der Waals surface area (Å²) < 4.78 is 1.59. The number of rotatable bonds is 4. The highest BCUT2D eigenvalue weighted by Gasteiger charge is 2.27. The Hall–Kier alpha value is -0.190. The van der Waals surface area contributed by atoms with Crippen molar-refractivity contribution >= 4 is 33.4 Å². The SMILES string of the molecule is CC1(C)CN(c2ccc(CNC3CC3)c(Br)c2)CCS1. The largest absolute Gasteiger partial charge is 0.369 e. The van der Waals surface area contributed by atoms with Gasteiger partial charge in [-0.2, -0.15) is 11.8 Å². The Balaban J connectivity index is 1.68. The maximum atomic E-state index is 3.74. The third-order valence-electron chi connectivity index (χ3n) is 3.99. The zero-order valence-electron chi connectivity index (χ0n) is 12.3. The minimum Gasteiger partial charge on any atom is -0.369 e. The van der Waals surface area contributed by atoms with E-state index in [9.17, 15) is 0 Å². The monoisotopic (exact) mass is 354 g/mol. The molecule has 3 rings (SSSR count). The van der Waals surface area contributed by atoms with Crippen LogP contribution >= 0.6 is 27.7 Å². The second-order valence-corrected chi connectivity index (χ2v) is 9.12. The number of nitrogens with one attached hydrogen (secondary N) is 1. The topological polar surface area (TPSA) is 15.3 Å². The maximum Gasteiger partial charge on any atom is 0.0378 e. The van der Waals surface area contributed by atoms with Gasteiger partial charge < -0.3 is 10.2 Å². The van der Waals surface area contributed by atoms with Crippen LogP contribution in [0.5, 0.6) is 0 Å². The zero-order valence-corrected chi connectivity index (χ0v) is 14.7. The summed E-state index contributed by atoms with van der Waals surface area (Å²) in [6.45, 7) is 7.94. The van der Waals surface area contributed by atoms with Crippen LogP contribution in [0.15, 0.2) is 22.7 Å². The molecule has 110 valence electrons. The van der Waals surface area contributed by atoms with Gasteiger partial charge in [-0.05, 0) is 44.4 Å². The summed E-state index contributed by atoms with van der Waals surface area (Å²) in [5.74, 6) is 1.22. The normalized spacial score (nSPS) is 22.1. The molecule has 1 aromatic carbocycles. The lowest BCUT2D eigenvalue weighted by Gasteiger charge is -2.39. The third-order valence-corrected chi connectivity index (χ3v) is 6.02. The van der Waals surface area contributed by atoms with Gasteiger partial charge in [-0.3, -0.25) is 0 Å². The van der Waals surface area contributed by atoms with Crippen LogP contribution in [-0.4, -0.2) is 29.6 Å². The lowest BCUT2D eigenvalue weighted by atomic mass is 10.1. The summed E-state index contributed by atoms with van der Waals surface area (Å²) in [5, 5.41) is 3.58. The molecule has 1 aliphatic carbocycles. The maximum absolute atomic E-state index is 3.74. The standard InChI is InChI=1S/C16H23BrN2S/c1-16(2)11-19(7-8-20-16)14-6-3-12(15(17)9-14)10-18-13-4-5-13/h3,6,9,13,18H,4-5,7-8,10-11H2,1-2H3. The summed E-state index contributed by atoms with van der Waals surface area (Å²) in [4.78, 5) is 2.51. The predicted octanol–water partition coefficient (Wildman–Crippen LogP) is 4.03. The van der Waals surface area contributed by atoms with Gasteiger partial charge in [0.25, 0.3) is 0 Å². The molecule has 20 heavy (non-hydrogen) atoms. The van der Waals surface area contributed by atoms with Gasteiger partial charge in [0.15, 0.2) is 0 Å². The molecule has 1 N–H and O–H groups in total. The van der Waals surface area contributed by atoms with Crippen molar-refractivity contribution in [2.24, 2.45) is 0 Å². The van der Waals surface area contributed by atoms with Gasteiger partial charge in [-0.25, -0.2) is 0 Å². The molecule has 0 radical (unpaired) electrons. The van der Waals surface area contributed by atoms with Gasteiger partial charge in [0.1, 0.15) is 0 Å². The summed E-state index contributed by atoms with van der Waals surface area (Å²) in [6, 6.07) is 7.60. The van der Waals surface area contributed by atoms with Gasteiger partial charge in [-0.1, -0.05) is 22.0 Å². The highest BCUT2D eigenvalue weighted by molar-refractivity contribution is 9.10. The molecule has 2 fully saturated rings. The average molecular weight is 355 g/mol. The Morgan fingerprint density at radius 1 is 1.40 bits per heavy atom. The summed E-state index contributed by atoms with van der Waals surface area (Å²) >= 11 is 5.82. The first-order chi connectivity index (χ1) is 9.53.